The Kier molecular flexibility index (Phi) is 14.2. The molecule has 1 aliphatic rings. The summed E-state index contributed by atoms with van der Waals surface area (Å²) in [6.45, 7) is 8.14. The largest absolute Gasteiger partial charge is 0.487 e. The maximum Gasteiger partial charge on any atom is 0.183 e. The third kappa shape index (κ3) is 14.4. The Hall–Kier alpha value is -2.34. The molecule has 1 saturated carbocycles. The summed E-state index contributed by atoms with van der Waals surface area (Å²) in [6, 6.07) is 7.36. The zero-order valence-electron chi connectivity index (χ0n) is 21.1. The number of unbranched alkanes of at least 4 members (excludes halogenated alkanes) is 1. The molecule has 6 heteroatoms. The van der Waals surface area contributed by atoms with E-state index in [0.717, 1.165) is 25.2 Å². The molecule has 0 amide bonds. The number of halogens is 1. The molecule has 1 aromatic carbocycles. The molecule has 0 bridgehead atoms. The van der Waals surface area contributed by atoms with Crippen molar-refractivity contribution >= 4 is 6.29 Å². The average Bonchev–Trinajstić information content (AvgIpc) is 2.81. The van der Waals surface area contributed by atoms with Gasteiger partial charge < -0.3 is 20.1 Å². The summed E-state index contributed by atoms with van der Waals surface area (Å²) in [5, 5.41) is 6.39. The molecule has 186 valence electrons. The number of ether oxygens (including phenoxy) is 2. The van der Waals surface area contributed by atoms with Gasteiger partial charge in [0.1, 0.15) is 30.1 Å². The van der Waals surface area contributed by atoms with Gasteiger partial charge in [-0.1, -0.05) is 32.6 Å². The molecule has 33 heavy (non-hydrogen) atoms. The molecule has 5 nitrogen and oxygen atoms in total. The number of carbonyl (C=O) groups is 1. The molecule has 1 aliphatic carbocycles. The predicted molar refractivity (Wildman–Crippen MR) is 134 cm³/mol. The van der Waals surface area contributed by atoms with Crippen molar-refractivity contribution in [2.45, 2.75) is 84.3 Å². The van der Waals surface area contributed by atoms with E-state index in [-0.39, 0.29) is 18.0 Å². The first-order valence-electron chi connectivity index (χ1n) is 12.1. The summed E-state index contributed by atoms with van der Waals surface area (Å²) in [4.78, 5) is 10.6. The van der Waals surface area contributed by atoms with Gasteiger partial charge in [0.15, 0.2) is 5.88 Å². The van der Waals surface area contributed by atoms with E-state index < -0.39 is 0 Å². The van der Waals surface area contributed by atoms with Crippen LogP contribution in [0.2, 0.25) is 0 Å². The molecule has 1 aromatic rings. The second-order valence-electron chi connectivity index (χ2n) is 9.20. The number of nitrogens with one attached hydrogen (secondary N) is 2. The Morgan fingerprint density at radius 1 is 1.12 bits per heavy atom. The Labute approximate surface area is 199 Å². The van der Waals surface area contributed by atoms with Crippen LogP contribution >= 0.6 is 0 Å². The Morgan fingerprint density at radius 2 is 1.79 bits per heavy atom. The summed E-state index contributed by atoms with van der Waals surface area (Å²) < 4.78 is 25.0. The van der Waals surface area contributed by atoms with Crippen molar-refractivity contribution in [2.75, 3.05) is 20.2 Å². The fourth-order valence-electron chi connectivity index (χ4n) is 3.26. The molecule has 1 fully saturated rings. The number of hydrogen-bond acceptors (Lipinski definition) is 5. The SMILES string of the molecule is CCCC=C(NC/C=C(/F)COc1ccc(C=O)cc1)OC(C)(C)C.CNC1CCCCC1. The van der Waals surface area contributed by atoms with Gasteiger partial charge in [-0.05, 0) is 83.5 Å². The maximum atomic E-state index is 13.9. The van der Waals surface area contributed by atoms with Crippen molar-refractivity contribution in [3.05, 3.63) is 53.7 Å². The van der Waals surface area contributed by atoms with Crippen LogP contribution < -0.4 is 15.4 Å². The summed E-state index contributed by atoms with van der Waals surface area (Å²) in [6.07, 6.45) is 13.2. The number of allylic oxidation sites excluding steroid dienone is 1. The molecule has 0 aromatic heterocycles. The van der Waals surface area contributed by atoms with Crippen LogP contribution in [0, 0.1) is 0 Å². The van der Waals surface area contributed by atoms with Gasteiger partial charge in [0.2, 0.25) is 0 Å². The first kappa shape index (κ1) is 28.7. The Balaban J connectivity index is 0.000000568. The van der Waals surface area contributed by atoms with Crippen molar-refractivity contribution in [1.29, 1.82) is 0 Å². The van der Waals surface area contributed by atoms with E-state index in [1.807, 2.05) is 26.8 Å². The number of benzene rings is 1. The lowest BCUT2D eigenvalue weighted by atomic mass is 9.96. The van der Waals surface area contributed by atoms with Crippen LogP contribution in [-0.4, -0.2) is 38.1 Å². The van der Waals surface area contributed by atoms with E-state index in [0.29, 0.717) is 23.7 Å². The number of rotatable bonds is 11. The minimum Gasteiger partial charge on any atom is -0.487 e. The van der Waals surface area contributed by atoms with Gasteiger partial charge in [0.05, 0.1) is 0 Å². The Bertz CT molecular complexity index is 718. The van der Waals surface area contributed by atoms with Crippen LogP contribution in [0.1, 0.15) is 83.0 Å². The molecule has 0 spiro atoms. The first-order chi connectivity index (χ1) is 15.8. The highest BCUT2D eigenvalue weighted by molar-refractivity contribution is 5.74. The molecule has 0 atom stereocenters. The van der Waals surface area contributed by atoms with Gasteiger partial charge in [-0.15, -0.1) is 0 Å². The fourth-order valence-corrected chi connectivity index (χ4v) is 3.26. The van der Waals surface area contributed by atoms with E-state index in [1.165, 1.54) is 38.2 Å². The van der Waals surface area contributed by atoms with E-state index in [4.69, 9.17) is 9.47 Å². The van der Waals surface area contributed by atoms with E-state index in [2.05, 4.69) is 24.6 Å². The smallest absolute Gasteiger partial charge is 0.183 e. The number of carbonyl (C=O) groups excluding carboxylic acids is 1. The topological polar surface area (TPSA) is 59.6 Å². The average molecular weight is 463 g/mol. The fraction of sp³-hybridized carbons (Fsp3) is 0.593. The lowest BCUT2D eigenvalue weighted by Crippen LogP contribution is -2.26. The number of aldehydes is 1. The molecule has 0 aliphatic heterocycles. The van der Waals surface area contributed by atoms with Gasteiger partial charge in [0.25, 0.3) is 0 Å². The highest BCUT2D eigenvalue weighted by Gasteiger charge is 2.13. The van der Waals surface area contributed by atoms with Crippen molar-refractivity contribution in [2.24, 2.45) is 0 Å². The van der Waals surface area contributed by atoms with E-state index in [9.17, 15) is 9.18 Å². The normalized spacial score (nSPS) is 15.3. The number of hydrogen-bond donors (Lipinski definition) is 2. The molecule has 0 saturated heterocycles. The molecule has 2 rings (SSSR count). The molecule has 2 N–H and O–H groups in total. The van der Waals surface area contributed by atoms with Gasteiger partial charge >= 0.3 is 0 Å². The highest BCUT2D eigenvalue weighted by Crippen LogP contribution is 2.16. The third-order valence-corrected chi connectivity index (χ3v) is 5.04. The quantitative estimate of drug-likeness (QED) is 0.298. The second-order valence-corrected chi connectivity index (χ2v) is 9.20. The zero-order chi connectivity index (χ0) is 24.5. The lowest BCUT2D eigenvalue weighted by molar-refractivity contribution is 0.0407. The first-order valence-corrected chi connectivity index (χ1v) is 12.1. The van der Waals surface area contributed by atoms with Crippen molar-refractivity contribution < 1.29 is 18.7 Å². The van der Waals surface area contributed by atoms with E-state index in [1.54, 1.807) is 24.3 Å². The standard InChI is InChI=1S/C20H28FNO3.C7H15N/c1-5-6-7-19(25-20(2,3)4)22-13-12-17(21)15-24-18-10-8-16(14-23)9-11-18;1-8-7-5-3-2-4-6-7/h7-12,14,22H,5-6,13,15H2,1-4H3;7-8H,2-6H2,1H3/b17-12+,19-7?;. The zero-order valence-corrected chi connectivity index (χ0v) is 21.1. The summed E-state index contributed by atoms with van der Waals surface area (Å²) >= 11 is 0. The molecular formula is C27H43FN2O3. The van der Waals surface area contributed by atoms with Crippen LogP contribution in [0.15, 0.2) is 48.1 Å². The summed E-state index contributed by atoms with van der Waals surface area (Å²) in [5.74, 6) is 0.794. The minimum atomic E-state index is -0.377. The van der Waals surface area contributed by atoms with Crippen LogP contribution in [0.3, 0.4) is 0 Å². The monoisotopic (exact) mass is 462 g/mol. The predicted octanol–water partition coefficient (Wildman–Crippen LogP) is 6.32. The lowest BCUT2D eigenvalue weighted by Gasteiger charge is -2.24. The van der Waals surface area contributed by atoms with Gasteiger partial charge in [-0.2, -0.15) is 0 Å². The molecular weight excluding hydrogens is 419 g/mol. The van der Waals surface area contributed by atoms with Crippen LogP contribution in [0.4, 0.5) is 4.39 Å². The van der Waals surface area contributed by atoms with Crippen LogP contribution in [0.25, 0.3) is 0 Å². The van der Waals surface area contributed by atoms with Crippen molar-refractivity contribution in [3.63, 3.8) is 0 Å². The maximum absolute atomic E-state index is 13.9. The molecule has 0 heterocycles. The van der Waals surface area contributed by atoms with Crippen molar-refractivity contribution in [3.8, 4) is 5.75 Å². The molecule has 0 unspecified atom stereocenters. The Morgan fingerprint density at radius 3 is 2.30 bits per heavy atom. The van der Waals surface area contributed by atoms with Gasteiger partial charge in [0, 0.05) is 18.2 Å². The highest BCUT2D eigenvalue weighted by atomic mass is 19.1. The summed E-state index contributed by atoms with van der Waals surface area (Å²) in [7, 11) is 2.07. The molecule has 0 radical (unpaired) electrons. The van der Waals surface area contributed by atoms with Gasteiger partial charge in [-0.25, -0.2) is 4.39 Å². The van der Waals surface area contributed by atoms with Crippen LogP contribution in [-0.2, 0) is 4.74 Å². The van der Waals surface area contributed by atoms with Crippen LogP contribution in [0.5, 0.6) is 5.75 Å². The summed E-state index contributed by atoms with van der Waals surface area (Å²) in [5.41, 5.74) is 0.240. The van der Waals surface area contributed by atoms with Crippen molar-refractivity contribution in [1.82, 2.24) is 10.6 Å². The third-order valence-electron chi connectivity index (χ3n) is 5.04. The van der Waals surface area contributed by atoms with Gasteiger partial charge in [-0.3, -0.25) is 4.79 Å². The second kappa shape index (κ2) is 16.3. The van der Waals surface area contributed by atoms with E-state index >= 15 is 0 Å². The minimum absolute atomic E-state index is 0.156.